The van der Waals surface area contributed by atoms with E-state index in [2.05, 4.69) is 42.6 Å². The lowest BCUT2D eigenvalue weighted by Gasteiger charge is -2.14. The first-order valence-corrected chi connectivity index (χ1v) is 10.2. The number of hydrogen-bond donors (Lipinski definition) is 1. The normalized spacial score (nSPS) is 10.6. The average molecular weight is 414 g/mol. The van der Waals surface area contributed by atoms with Crippen LogP contribution < -0.4 is 5.32 Å². The van der Waals surface area contributed by atoms with Gasteiger partial charge in [0.05, 0.1) is 9.89 Å². The number of anilines is 2. The third kappa shape index (κ3) is 4.24. The van der Waals surface area contributed by atoms with Crippen molar-refractivity contribution in [3.63, 3.8) is 0 Å². The number of hydrogen-bond acceptors (Lipinski definition) is 2. The highest BCUT2D eigenvalue weighted by Crippen LogP contribution is 2.32. The summed E-state index contributed by atoms with van der Waals surface area (Å²) in [5.74, 6) is 0. The van der Waals surface area contributed by atoms with Crippen LogP contribution in [0.3, 0.4) is 0 Å². The summed E-state index contributed by atoms with van der Waals surface area (Å²) in [5, 5.41) is 4.14. The van der Waals surface area contributed by atoms with Crippen LogP contribution in [0.25, 0.3) is 11.1 Å². The molecule has 4 rings (SSSR count). The second kappa shape index (κ2) is 8.60. The Kier molecular flexibility index (Phi) is 5.75. The Morgan fingerprint density at radius 1 is 0.759 bits per heavy atom. The van der Waals surface area contributed by atoms with E-state index in [1.165, 1.54) is 5.56 Å². The molecule has 0 aliphatic carbocycles. The van der Waals surface area contributed by atoms with Gasteiger partial charge in [-0.05, 0) is 47.9 Å². The molecule has 0 atom stereocenters. The smallest absolute Gasteiger partial charge is 0.0539 e. The van der Waals surface area contributed by atoms with Gasteiger partial charge in [-0.2, -0.15) is 0 Å². The molecular weight excluding hydrogens is 394 g/mol. The molecule has 4 aromatic rings. The van der Waals surface area contributed by atoms with Crippen molar-refractivity contribution in [2.45, 2.75) is 6.92 Å². The molecule has 0 spiro atoms. The predicted molar refractivity (Wildman–Crippen MR) is 129 cm³/mol. The molecule has 3 heteroatoms. The standard InChI is InChI=1S/C26H20ClNS/c1-18-9-5-6-12-21(18)26(29)23-16-15-20(17-24(23)27)28-25-14-8-7-13-22(25)19-10-3-2-4-11-19/h2-17,28H,1H3. The third-order valence-corrected chi connectivity index (χ3v) is 5.65. The molecule has 1 N–H and O–H groups in total. The molecule has 1 nitrogen and oxygen atoms in total. The van der Waals surface area contributed by atoms with Crippen LogP contribution in [-0.4, -0.2) is 4.86 Å². The molecule has 0 amide bonds. The van der Waals surface area contributed by atoms with Crippen molar-refractivity contribution in [1.29, 1.82) is 0 Å². The van der Waals surface area contributed by atoms with Crippen LogP contribution in [0.5, 0.6) is 0 Å². The minimum absolute atomic E-state index is 0.639. The number of aryl methyl sites for hydroxylation is 1. The summed E-state index contributed by atoms with van der Waals surface area (Å²) >= 11 is 12.3. The van der Waals surface area contributed by atoms with Crippen LogP contribution in [0.4, 0.5) is 11.4 Å². The Morgan fingerprint density at radius 2 is 1.45 bits per heavy atom. The summed E-state index contributed by atoms with van der Waals surface area (Å²) in [6, 6.07) is 32.6. The van der Waals surface area contributed by atoms with Gasteiger partial charge in [0.2, 0.25) is 0 Å². The largest absolute Gasteiger partial charge is 0.355 e. The Bertz CT molecular complexity index is 1170. The lowest BCUT2D eigenvalue weighted by molar-refractivity contribution is 1.44. The third-order valence-electron chi connectivity index (χ3n) is 4.89. The summed E-state index contributed by atoms with van der Waals surface area (Å²) in [5.41, 5.74) is 7.33. The van der Waals surface area contributed by atoms with Crippen LogP contribution >= 0.6 is 23.8 Å². The van der Waals surface area contributed by atoms with Gasteiger partial charge in [0.15, 0.2) is 0 Å². The lowest BCUT2D eigenvalue weighted by Crippen LogP contribution is -2.03. The van der Waals surface area contributed by atoms with Crippen molar-refractivity contribution in [1.82, 2.24) is 0 Å². The number of nitrogens with one attached hydrogen (secondary N) is 1. The van der Waals surface area contributed by atoms with Crippen LogP contribution in [-0.2, 0) is 0 Å². The molecule has 0 unspecified atom stereocenters. The van der Waals surface area contributed by atoms with Gasteiger partial charge in [0, 0.05) is 22.5 Å². The van der Waals surface area contributed by atoms with E-state index in [9.17, 15) is 0 Å². The maximum Gasteiger partial charge on any atom is 0.0539 e. The zero-order valence-electron chi connectivity index (χ0n) is 16.0. The molecule has 29 heavy (non-hydrogen) atoms. The molecule has 4 aromatic carbocycles. The monoisotopic (exact) mass is 413 g/mol. The van der Waals surface area contributed by atoms with Gasteiger partial charge >= 0.3 is 0 Å². The van der Waals surface area contributed by atoms with Gasteiger partial charge in [0.1, 0.15) is 0 Å². The first-order valence-electron chi connectivity index (χ1n) is 9.45. The Morgan fingerprint density at radius 3 is 2.21 bits per heavy atom. The molecule has 0 saturated heterocycles. The van der Waals surface area contributed by atoms with Gasteiger partial charge < -0.3 is 5.32 Å². The molecule has 0 fully saturated rings. The summed E-state index contributed by atoms with van der Waals surface area (Å²) in [4.78, 5) is 0.768. The Balaban J connectivity index is 1.64. The molecule has 0 radical (unpaired) electrons. The number of benzene rings is 4. The van der Waals surface area contributed by atoms with Gasteiger partial charge in [-0.1, -0.05) is 96.6 Å². The lowest BCUT2D eigenvalue weighted by atomic mass is 10.00. The van der Waals surface area contributed by atoms with E-state index in [0.29, 0.717) is 5.02 Å². The van der Waals surface area contributed by atoms with Crippen LogP contribution in [0.15, 0.2) is 97.1 Å². The molecule has 0 heterocycles. The van der Waals surface area contributed by atoms with Crippen molar-refractivity contribution in [2.75, 3.05) is 5.32 Å². The SMILES string of the molecule is Cc1ccccc1C(=S)c1ccc(Nc2ccccc2-c2ccccc2)cc1Cl. The Labute approximate surface area is 182 Å². The molecule has 142 valence electrons. The molecule has 0 aliphatic heterocycles. The first-order chi connectivity index (χ1) is 14.1. The van der Waals surface area contributed by atoms with Crippen molar-refractivity contribution < 1.29 is 0 Å². The zero-order chi connectivity index (χ0) is 20.2. The van der Waals surface area contributed by atoms with E-state index in [0.717, 1.165) is 38.5 Å². The molecular formula is C26H20ClNS. The van der Waals surface area contributed by atoms with Gasteiger partial charge in [-0.25, -0.2) is 0 Å². The van der Waals surface area contributed by atoms with Gasteiger partial charge in [0.25, 0.3) is 0 Å². The first kappa shape index (κ1) is 19.4. The fraction of sp³-hybridized carbons (Fsp3) is 0.0385. The van der Waals surface area contributed by atoms with Gasteiger partial charge in [-0.15, -0.1) is 0 Å². The summed E-state index contributed by atoms with van der Waals surface area (Å²) in [6.07, 6.45) is 0. The van der Waals surface area contributed by atoms with Crippen LogP contribution in [0.1, 0.15) is 16.7 Å². The fourth-order valence-electron chi connectivity index (χ4n) is 3.37. The quantitative estimate of drug-likeness (QED) is 0.264. The minimum Gasteiger partial charge on any atom is -0.355 e. The number of thiocarbonyl (C=S) groups is 1. The van der Waals surface area contributed by atoms with E-state index in [4.69, 9.17) is 23.8 Å². The summed E-state index contributed by atoms with van der Waals surface area (Å²) in [7, 11) is 0. The van der Waals surface area contributed by atoms with E-state index in [1.54, 1.807) is 0 Å². The van der Waals surface area contributed by atoms with Crippen molar-refractivity contribution >= 4 is 40.1 Å². The maximum atomic E-state index is 6.62. The average Bonchev–Trinajstić information content (AvgIpc) is 2.75. The topological polar surface area (TPSA) is 12.0 Å². The van der Waals surface area contributed by atoms with Crippen molar-refractivity contribution in [3.8, 4) is 11.1 Å². The minimum atomic E-state index is 0.639. The predicted octanol–water partition coefficient (Wildman–Crippen LogP) is 7.83. The highest BCUT2D eigenvalue weighted by molar-refractivity contribution is 7.81. The van der Waals surface area contributed by atoms with Crippen LogP contribution in [0.2, 0.25) is 5.02 Å². The molecule has 0 aliphatic rings. The van der Waals surface area contributed by atoms with E-state index in [1.807, 2.05) is 66.7 Å². The molecule has 0 aromatic heterocycles. The summed E-state index contributed by atoms with van der Waals surface area (Å²) < 4.78 is 0. The Hall–Kier alpha value is -2.94. The van der Waals surface area contributed by atoms with Gasteiger partial charge in [-0.3, -0.25) is 0 Å². The molecule has 0 saturated carbocycles. The fourth-order valence-corrected chi connectivity index (χ4v) is 4.10. The zero-order valence-corrected chi connectivity index (χ0v) is 17.6. The second-order valence-corrected chi connectivity index (χ2v) is 7.69. The number of halogens is 1. The van der Waals surface area contributed by atoms with Crippen molar-refractivity contribution in [3.05, 3.63) is 119 Å². The highest BCUT2D eigenvalue weighted by Gasteiger charge is 2.12. The number of para-hydroxylation sites is 1. The highest BCUT2D eigenvalue weighted by atomic mass is 35.5. The van der Waals surface area contributed by atoms with E-state index in [-0.39, 0.29) is 0 Å². The maximum absolute atomic E-state index is 6.62. The number of rotatable bonds is 5. The second-order valence-electron chi connectivity index (χ2n) is 6.88. The van der Waals surface area contributed by atoms with Crippen LogP contribution in [0, 0.1) is 6.92 Å². The molecule has 0 bridgehead atoms. The summed E-state index contributed by atoms with van der Waals surface area (Å²) in [6.45, 7) is 2.06. The van der Waals surface area contributed by atoms with Crippen molar-refractivity contribution in [2.24, 2.45) is 0 Å². The van der Waals surface area contributed by atoms with E-state index < -0.39 is 0 Å². The van der Waals surface area contributed by atoms with E-state index >= 15 is 0 Å².